The maximum atomic E-state index is 12.4. The summed E-state index contributed by atoms with van der Waals surface area (Å²) < 4.78 is 0. The van der Waals surface area contributed by atoms with Crippen molar-refractivity contribution < 1.29 is 9.59 Å². The van der Waals surface area contributed by atoms with Crippen LogP contribution in [0.3, 0.4) is 0 Å². The molecule has 0 aliphatic heterocycles. The minimum absolute atomic E-state index is 0.351. The third kappa shape index (κ3) is 2.64. The average Bonchev–Trinajstić information content (AvgIpc) is 2.88. The number of nitrogens with one attached hydrogen (secondary N) is 1. The highest BCUT2D eigenvalue weighted by atomic mass is 32.1. The molecule has 108 valence electrons. The SMILES string of the molecule is NC(=O)c1c(C(=O)Nc2cnccn2)sc2c1CCCC2. The van der Waals surface area contributed by atoms with E-state index in [0.717, 1.165) is 36.1 Å². The van der Waals surface area contributed by atoms with E-state index in [1.54, 1.807) is 0 Å². The molecule has 0 radical (unpaired) electrons. The molecular formula is C14H14N4O2S. The van der Waals surface area contributed by atoms with Crippen LogP contribution in [0.5, 0.6) is 0 Å². The number of anilines is 1. The van der Waals surface area contributed by atoms with Crippen LogP contribution in [-0.2, 0) is 12.8 Å². The number of nitrogens with two attached hydrogens (primary N) is 1. The van der Waals surface area contributed by atoms with Crippen LogP contribution in [0.25, 0.3) is 0 Å². The number of carbonyl (C=O) groups excluding carboxylic acids is 2. The fourth-order valence-electron chi connectivity index (χ4n) is 2.52. The second-order valence-electron chi connectivity index (χ2n) is 4.82. The Hall–Kier alpha value is -2.28. The van der Waals surface area contributed by atoms with Crippen LogP contribution in [0.2, 0.25) is 0 Å². The maximum Gasteiger partial charge on any atom is 0.267 e. The first-order chi connectivity index (χ1) is 10.2. The molecule has 0 saturated carbocycles. The molecule has 0 fully saturated rings. The third-order valence-electron chi connectivity index (χ3n) is 3.43. The van der Waals surface area contributed by atoms with Crippen molar-refractivity contribution in [3.63, 3.8) is 0 Å². The Morgan fingerprint density at radius 2 is 2.05 bits per heavy atom. The van der Waals surface area contributed by atoms with Crippen LogP contribution in [0.15, 0.2) is 18.6 Å². The van der Waals surface area contributed by atoms with E-state index in [2.05, 4.69) is 15.3 Å². The van der Waals surface area contributed by atoms with Crippen molar-refractivity contribution in [2.75, 3.05) is 5.32 Å². The molecule has 3 N–H and O–H groups in total. The van der Waals surface area contributed by atoms with Gasteiger partial charge in [0.2, 0.25) is 0 Å². The molecule has 0 spiro atoms. The number of amides is 2. The Bertz CT molecular complexity index is 696. The molecule has 0 aromatic carbocycles. The number of rotatable bonds is 3. The van der Waals surface area contributed by atoms with Crippen molar-refractivity contribution >= 4 is 29.0 Å². The molecule has 1 aliphatic carbocycles. The Labute approximate surface area is 125 Å². The number of hydrogen-bond acceptors (Lipinski definition) is 5. The summed E-state index contributed by atoms with van der Waals surface area (Å²) in [4.78, 5) is 33.5. The monoisotopic (exact) mass is 302 g/mol. The van der Waals surface area contributed by atoms with Gasteiger partial charge >= 0.3 is 0 Å². The van der Waals surface area contributed by atoms with Crippen LogP contribution in [0.4, 0.5) is 5.82 Å². The predicted octanol–water partition coefficient (Wildman–Crippen LogP) is 1.77. The zero-order chi connectivity index (χ0) is 14.8. The number of carbonyl (C=O) groups is 2. The second kappa shape index (κ2) is 5.61. The molecule has 0 unspecified atom stereocenters. The van der Waals surface area contributed by atoms with E-state index in [-0.39, 0.29) is 5.91 Å². The maximum absolute atomic E-state index is 12.4. The molecule has 2 aromatic rings. The van der Waals surface area contributed by atoms with Gasteiger partial charge in [-0.25, -0.2) is 4.98 Å². The molecule has 0 saturated heterocycles. The Morgan fingerprint density at radius 3 is 2.76 bits per heavy atom. The lowest BCUT2D eigenvalue weighted by Gasteiger charge is -2.11. The molecule has 2 aromatic heterocycles. The van der Waals surface area contributed by atoms with E-state index in [0.29, 0.717) is 16.3 Å². The van der Waals surface area contributed by atoms with Crippen molar-refractivity contribution in [3.8, 4) is 0 Å². The number of primary amides is 1. The van der Waals surface area contributed by atoms with Gasteiger partial charge in [0.25, 0.3) is 11.8 Å². The summed E-state index contributed by atoms with van der Waals surface area (Å²) in [6.07, 6.45) is 8.28. The number of aromatic nitrogens is 2. The average molecular weight is 302 g/mol. The number of thiophene rings is 1. The fraction of sp³-hybridized carbons (Fsp3) is 0.286. The molecule has 2 amide bonds. The van der Waals surface area contributed by atoms with Crippen LogP contribution in [0.1, 0.15) is 43.3 Å². The van der Waals surface area contributed by atoms with Crippen molar-refractivity contribution in [1.29, 1.82) is 0 Å². The molecule has 0 atom stereocenters. The van der Waals surface area contributed by atoms with Gasteiger partial charge in [-0.2, -0.15) is 0 Å². The Morgan fingerprint density at radius 1 is 1.24 bits per heavy atom. The zero-order valence-electron chi connectivity index (χ0n) is 11.3. The molecule has 2 heterocycles. The minimum atomic E-state index is -0.543. The molecule has 21 heavy (non-hydrogen) atoms. The van der Waals surface area contributed by atoms with Gasteiger partial charge in [-0.3, -0.25) is 14.6 Å². The lowest BCUT2D eigenvalue weighted by molar-refractivity contribution is 0.0978. The van der Waals surface area contributed by atoms with E-state index in [1.807, 2.05) is 0 Å². The zero-order valence-corrected chi connectivity index (χ0v) is 12.1. The summed E-state index contributed by atoms with van der Waals surface area (Å²) in [5.41, 5.74) is 6.79. The summed E-state index contributed by atoms with van der Waals surface area (Å²) in [6, 6.07) is 0. The quantitative estimate of drug-likeness (QED) is 0.902. The van der Waals surface area contributed by atoms with Gasteiger partial charge in [-0.1, -0.05) is 0 Å². The van der Waals surface area contributed by atoms with Gasteiger partial charge in [0.1, 0.15) is 4.88 Å². The van der Waals surface area contributed by atoms with Gasteiger partial charge in [-0.05, 0) is 31.2 Å². The van der Waals surface area contributed by atoms with E-state index >= 15 is 0 Å². The van der Waals surface area contributed by atoms with Crippen LogP contribution >= 0.6 is 11.3 Å². The number of fused-ring (bicyclic) bond motifs is 1. The molecular weight excluding hydrogens is 288 g/mol. The lowest BCUT2D eigenvalue weighted by Crippen LogP contribution is -2.20. The van der Waals surface area contributed by atoms with Crippen molar-refractivity contribution in [2.24, 2.45) is 5.73 Å². The van der Waals surface area contributed by atoms with E-state index in [4.69, 9.17) is 5.73 Å². The van der Waals surface area contributed by atoms with Crippen molar-refractivity contribution in [1.82, 2.24) is 9.97 Å². The number of hydrogen-bond donors (Lipinski definition) is 2. The van der Waals surface area contributed by atoms with E-state index in [9.17, 15) is 9.59 Å². The Kier molecular flexibility index (Phi) is 3.66. The largest absolute Gasteiger partial charge is 0.366 e. The molecule has 1 aliphatic rings. The molecule has 6 nitrogen and oxygen atoms in total. The number of aryl methyl sites for hydroxylation is 1. The van der Waals surface area contributed by atoms with E-state index in [1.165, 1.54) is 29.9 Å². The molecule has 7 heteroatoms. The lowest BCUT2D eigenvalue weighted by atomic mass is 9.94. The first kappa shape index (κ1) is 13.7. The molecule has 3 rings (SSSR count). The third-order valence-corrected chi connectivity index (χ3v) is 4.72. The summed E-state index contributed by atoms with van der Waals surface area (Å²) in [5, 5.41) is 2.65. The topological polar surface area (TPSA) is 98.0 Å². The van der Waals surface area contributed by atoms with Crippen LogP contribution < -0.4 is 11.1 Å². The predicted molar refractivity (Wildman–Crippen MR) is 79.5 cm³/mol. The van der Waals surface area contributed by atoms with Crippen LogP contribution in [-0.4, -0.2) is 21.8 Å². The van der Waals surface area contributed by atoms with E-state index < -0.39 is 5.91 Å². The van der Waals surface area contributed by atoms with Gasteiger partial charge < -0.3 is 11.1 Å². The molecule has 0 bridgehead atoms. The highest BCUT2D eigenvalue weighted by Crippen LogP contribution is 2.34. The summed E-state index contributed by atoms with van der Waals surface area (Å²) >= 11 is 1.36. The van der Waals surface area contributed by atoms with Gasteiger partial charge in [0.15, 0.2) is 5.82 Å². The summed E-state index contributed by atoms with van der Waals surface area (Å²) in [7, 11) is 0. The van der Waals surface area contributed by atoms with Gasteiger partial charge in [0, 0.05) is 17.3 Å². The highest BCUT2D eigenvalue weighted by Gasteiger charge is 2.27. The van der Waals surface area contributed by atoms with Crippen molar-refractivity contribution in [3.05, 3.63) is 39.5 Å². The second-order valence-corrected chi connectivity index (χ2v) is 5.93. The van der Waals surface area contributed by atoms with Crippen LogP contribution in [0, 0.1) is 0 Å². The van der Waals surface area contributed by atoms with Crippen molar-refractivity contribution in [2.45, 2.75) is 25.7 Å². The normalized spacial score (nSPS) is 13.5. The summed E-state index contributed by atoms with van der Waals surface area (Å²) in [5.74, 6) is -0.549. The first-order valence-corrected chi connectivity index (χ1v) is 7.50. The Balaban J connectivity index is 1.96. The van der Waals surface area contributed by atoms with Gasteiger partial charge in [-0.15, -0.1) is 11.3 Å². The number of nitrogens with zero attached hydrogens (tertiary/aromatic N) is 2. The first-order valence-electron chi connectivity index (χ1n) is 6.68. The minimum Gasteiger partial charge on any atom is -0.366 e. The fourth-order valence-corrected chi connectivity index (χ4v) is 3.81. The standard InChI is InChI=1S/C14H14N4O2S/c15-13(19)11-8-3-1-2-4-9(8)21-12(11)14(20)18-10-7-16-5-6-17-10/h5-7H,1-4H2,(H2,15,19)(H,17,18,20). The van der Waals surface area contributed by atoms with Gasteiger partial charge in [0.05, 0.1) is 11.8 Å². The smallest absolute Gasteiger partial charge is 0.267 e. The summed E-state index contributed by atoms with van der Waals surface area (Å²) in [6.45, 7) is 0. The highest BCUT2D eigenvalue weighted by molar-refractivity contribution is 7.14.